The van der Waals surface area contributed by atoms with Crippen LogP contribution in [0.3, 0.4) is 0 Å². The first-order valence-corrected chi connectivity index (χ1v) is 13.0. The third-order valence-corrected chi connectivity index (χ3v) is 7.51. The number of phenols is 1. The van der Waals surface area contributed by atoms with Gasteiger partial charge in [-0.05, 0) is 73.0 Å². The van der Waals surface area contributed by atoms with E-state index in [1.165, 1.54) is 12.1 Å². The van der Waals surface area contributed by atoms with Gasteiger partial charge in [-0.1, -0.05) is 29.8 Å². The Morgan fingerprint density at radius 2 is 1.79 bits per heavy atom. The van der Waals surface area contributed by atoms with E-state index in [2.05, 4.69) is 11.8 Å². The van der Waals surface area contributed by atoms with Crippen LogP contribution in [0.1, 0.15) is 48.6 Å². The van der Waals surface area contributed by atoms with Gasteiger partial charge in [-0.3, -0.25) is 4.90 Å². The molecule has 5 rings (SSSR count). The van der Waals surface area contributed by atoms with Crippen LogP contribution < -0.4 is 9.47 Å². The summed E-state index contributed by atoms with van der Waals surface area (Å²) < 4.78 is 45.3. The number of rotatable bonds is 7. The summed E-state index contributed by atoms with van der Waals surface area (Å²) in [5.74, 6) is 1.45. The molecule has 3 aromatic carbocycles. The number of hydrogen-bond donors (Lipinski definition) is 1. The monoisotopic (exact) mass is 541 g/mol. The van der Waals surface area contributed by atoms with Gasteiger partial charge in [0.15, 0.2) is 0 Å². The van der Waals surface area contributed by atoms with E-state index in [1.807, 2.05) is 31.2 Å². The van der Waals surface area contributed by atoms with Crippen LogP contribution in [0.5, 0.6) is 17.2 Å². The molecule has 8 heteroatoms. The topological polar surface area (TPSA) is 51.2 Å². The van der Waals surface area contributed by atoms with Gasteiger partial charge in [0.25, 0.3) is 6.43 Å². The van der Waals surface area contributed by atoms with Crippen LogP contribution >= 0.6 is 11.6 Å². The average Bonchev–Trinajstić information content (AvgIpc) is 2.93. The van der Waals surface area contributed by atoms with Crippen molar-refractivity contribution in [1.29, 1.82) is 0 Å². The van der Waals surface area contributed by atoms with Crippen LogP contribution in [0.2, 0.25) is 5.02 Å². The fraction of sp³-hybridized carbons (Fsp3) is 0.333. The van der Waals surface area contributed by atoms with Crippen LogP contribution in [0, 0.1) is 0 Å². The second-order valence-corrected chi connectivity index (χ2v) is 10.0. The number of ether oxygens (including phenoxy) is 3. The van der Waals surface area contributed by atoms with E-state index in [1.54, 1.807) is 24.3 Å². The van der Waals surface area contributed by atoms with E-state index in [0.29, 0.717) is 23.5 Å². The van der Waals surface area contributed by atoms with Crippen molar-refractivity contribution in [2.45, 2.75) is 32.4 Å². The number of morpholine rings is 1. The summed E-state index contributed by atoms with van der Waals surface area (Å²) in [6.45, 7) is 7.88. The molecule has 0 amide bonds. The normalized spacial score (nSPS) is 18.7. The first kappa shape index (κ1) is 26.5. The van der Waals surface area contributed by atoms with Gasteiger partial charge in [0.05, 0.1) is 13.2 Å². The first-order chi connectivity index (χ1) is 18.3. The molecule has 0 bridgehead atoms. The Morgan fingerprint density at radius 3 is 2.50 bits per heavy atom. The molecule has 0 aromatic heterocycles. The zero-order valence-electron chi connectivity index (χ0n) is 21.3. The number of aromatic hydroxyl groups is 1. The van der Waals surface area contributed by atoms with Crippen LogP contribution in [-0.4, -0.2) is 49.0 Å². The molecule has 200 valence electrons. The number of nitrogens with zero attached hydrogens (tertiary/aromatic N) is 1. The smallest absolute Gasteiger partial charge is 0.265 e. The summed E-state index contributed by atoms with van der Waals surface area (Å²) in [4.78, 5) is 2.35. The molecule has 2 aliphatic rings. The van der Waals surface area contributed by atoms with E-state index in [9.17, 15) is 13.9 Å². The third kappa shape index (κ3) is 5.51. The molecule has 0 spiro atoms. The molecule has 1 saturated heterocycles. The molecule has 1 fully saturated rings. The van der Waals surface area contributed by atoms with Crippen molar-refractivity contribution in [3.63, 3.8) is 0 Å². The van der Waals surface area contributed by atoms with Crippen LogP contribution in [0.4, 0.5) is 8.78 Å². The van der Waals surface area contributed by atoms with E-state index < -0.39 is 12.5 Å². The highest BCUT2D eigenvalue weighted by Gasteiger charge is 2.30. The zero-order chi connectivity index (χ0) is 26.8. The summed E-state index contributed by atoms with van der Waals surface area (Å²) >= 11 is 6.06. The first-order valence-electron chi connectivity index (χ1n) is 12.6. The molecule has 0 radical (unpaired) electrons. The maximum absolute atomic E-state index is 13.7. The van der Waals surface area contributed by atoms with Crippen LogP contribution in [-0.2, 0) is 4.74 Å². The number of benzene rings is 3. The standard InChI is InChI=1S/C30H30ClF2NO4/c1-18(34-11-13-36-14-12-34)17-37-23-7-3-20(4-8-23)29-28(21-5-9-26(31)25(15-21)30(32)33)19(2)24-16-22(35)6-10-27(24)38-29/h3-10,15-16,18,29-30,35H,11-14,17H2,1-2H3. The molecule has 2 aliphatic heterocycles. The van der Waals surface area contributed by atoms with Gasteiger partial charge < -0.3 is 19.3 Å². The highest BCUT2D eigenvalue weighted by molar-refractivity contribution is 6.31. The van der Waals surface area contributed by atoms with Crippen LogP contribution in [0.15, 0.2) is 60.7 Å². The quantitative estimate of drug-likeness (QED) is 0.344. The van der Waals surface area contributed by atoms with Crippen molar-refractivity contribution in [2.75, 3.05) is 32.9 Å². The van der Waals surface area contributed by atoms with Gasteiger partial charge in [-0.2, -0.15) is 0 Å². The van der Waals surface area contributed by atoms with Crippen molar-refractivity contribution in [1.82, 2.24) is 4.90 Å². The Kier molecular flexibility index (Phi) is 7.88. The van der Waals surface area contributed by atoms with Crippen LogP contribution in [0.25, 0.3) is 11.1 Å². The fourth-order valence-electron chi connectivity index (χ4n) is 5.00. The average molecular weight is 542 g/mol. The molecule has 2 heterocycles. The van der Waals surface area contributed by atoms with Crippen molar-refractivity contribution < 1.29 is 28.1 Å². The lowest BCUT2D eigenvalue weighted by atomic mass is 9.85. The number of hydrogen-bond acceptors (Lipinski definition) is 5. The maximum Gasteiger partial charge on any atom is 0.265 e. The predicted molar refractivity (Wildman–Crippen MR) is 144 cm³/mol. The minimum atomic E-state index is -2.71. The molecular formula is C30H30ClF2NO4. The Morgan fingerprint density at radius 1 is 1.05 bits per heavy atom. The van der Waals surface area contributed by atoms with Gasteiger partial charge in [-0.15, -0.1) is 0 Å². The minimum Gasteiger partial charge on any atom is -0.508 e. The molecular weight excluding hydrogens is 512 g/mol. The second kappa shape index (κ2) is 11.3. The van der Waals surface area contributed by atoms with Crippen molar-refractivity contribution in [3.8, 4) is 17.2 Å². The third-order valence-electron chi connectivity index (χ3n) is 7.16. The Hall–Kier alpha value is -3.13. The Balaban J connectivity index is 1.44. The molecule has 2 atom stereocenters. The number of fused-ring (bicyclic) bond motifs is 1. The molecule has 0 aliphatic carbocycles. The summed E-state index contributed by atoms with van der Waals surface area (Å²) in [5.41, 5.74) is 3.47. The number of phenolic OH excluding ortho intramolecular Hbond substituents is 1. The second-order valence-electron chi connectivity index (χ2n) is 9.63. The number of allylic oxidation sites excluding steroid dienone is 1. The summed E-state index contributed by atoms with van der Waals surface area (Å²) in [7, 11) is 0. The lowest BCUT2D eigenvalue weighted by molar-refractivity contribution is 0.0105. The molecule has 2 unspecified atom stereocenters. The van der Waals surface area contributed by atoms with E-state index in [0.717, 1.165) is 48.8 Å². The molecule has 1 N–H and O–H groups in total. The minimum absolute atomic E-state index is 0.0149. The maximum atomic E-state index is 13.7. The molecule has 3 aromatic rings. The van der Waals surface area contributed by atoms with Crippen molar-refractivity contribution in [2.24, 2.45) is 0 Å². The number of halogens is 3. The highest BCUT2D eigenvalue weighted by atomic mass is 35.5. The van der Waals surface area contributed by atoms with Gasteiger partial charge in [0.2, 0.25) is 0 Å². The summed E-state index contributed by atoms with van der Waals surface area (Å²) in [6, 6.07) is 17.5. The van der Waals surface area contributed by atoms with Gasteiger partial charge >= 0.3 is 0 Å². The Bertz CT molecular complexity index is 1320. The lowest BCUT2D eigenvalue weighted by Crippen LogP contribution is -2.44. The van der Waals surface area contributed by atoms with E-state index >= 15 is 0 Å². The summed E-state index contributed by atoms with van der Waals surface area (Å²) in [5, 5.41) is 10.1. The fourth-order valence-corrected chi connectivity index (χ4v) is 5.20. The Labute approximate surface area is 226 Å². The lowest BCUT2D eigenvalue weighted by Gasteiger charge is -2.32. The molecule has 5 nitrogen and oxygen atoms in total. The summed E-state index contributed by atoms with van der Waals surface area (Å²) in [6.07, 6.45) is -3.26. The largest absolute Gasteiger partial charge is 0.508 e. The molecule has 38 heavy (non-hydrogen) atoms. The van der Waals surface area contributed by atoms with Crippen molar-refractivity contribution in [3.05, 3.63) is 87.9 Å². The van der Waals surface area contributed by atoms with E-state index in [4.69, 9.17) is 25.8 Å². The van der Waals surface area contributed by atoms with Gasteiger partial charge in [0, 0.05) is 40.9 Å². The van der Waals surface area contributed by atoms with Gasteiger partial charge in [-0.25, -0.2) is 8.78 Å². The molecule has 0 saturated carbocycles. The van der Waals surface area contributed by atoms with E-state index in [-0.39, 0.29) is 22.4 Å². The zero-order valence-corrected chi connectivity index (χ0v) is 22.1. The SMILES string of the molecule is CC1=C(c2ccc(Cl)c(C(F)F)c2)C(c2ccc(OCC(C)N3CCOCC3)cc2)Oc2ccc(O)cc21. The highest BCUT2D eigenvalue weighted by Crippen LogP contribution is 2.48. The van der Waals surface area contributed by atoms with Gasteiger partial charge in [0.1, 0.15) is 30.0 Å². The predicted octanol–water partition coefficient (Wildman–Crippen LogP) is 7.15. The number of alkyl halides is 2. The van der Waals surface area contributed by atoms with Crippen molar-refractivity contribution >= 4 is 22.7 Å².